The van der Waals surface area contributed by atoms with Gasteiger partial charge in [0.15, 0.2) is 5.78 Å². The summed E-state index contributed by atoms with van der Waals surface area (Å²) in [6.07, 6.45) is 3.22. The van der Waals surface area contributed by atoms with Crippen LogP contribution in [0, 0.1) is 19.3 Å². The minimum absolute atomic E-state index is 0.0210. The minimum atomic E-state index is -0.995. The van der Waals surface area contributed by atoms with Crippen LogP contribution in [-0.2, 0) is 20.7 Å². The second kappa shape index (κ2) is 6.04. The van der Waals surface area contributed by atoms with Crippen LogP contribution in [0.5, 0.6) is 0 Å². The molecule has 0 aromatic carbocycles. The highest BCUT2D eigenvalue weighted by molar-refractivity contribution is 7.11. The van der Waals surface area contributed by atoms with E-state index in [0.717, 1.165) is 28.4 Å². The number of Topliss-reactive ketones (excluding diaryl/α,β-unsaturated/α-hetero) is 1. The zero-order chi connectivity index (χ0) is 14.8. The van der Waals surface area contributed by atoms with Crippen LogP contribution in [0.15, 0.2) is 0 Å². The maximum atomic E-state index is 12.4. The molecule has 0 amide bonds. The van der Waals surface area contributed by atoms with Crippen molar-refractivity contribution in [2.45, 2.75) is 52.9 Å². The lowest BCUT2D eigenvalue weighted by Crippen LogP contribution is -2.44. The van der Waals surface area contributed by atoms with Crippen molar-refractivity contribution in [1.29, 1.82) is 0 Å². The van der Waals surface area contributed by atoms with Gasteiger partial charge < -0.3 is 4.74 Å². The first-order valence-electron chi connectivity index (χ1n) is 7.13. The first-order chi connectivity index (χ1) is 9.49. The summed E-state index contributed by atoms with van der Waals surface area (Å²) in [5.41, 5.74) is -0.0161. The molecule has 110 valence electrons. The molecule has 0 aliphatic heterocycles. The average Bonchev–Trinajstić information content (AvgIpc) is 2.71. The molecule has 1 aromatic rings. The molecule has 2 rings (SSSR count). The van der Waals surface area contributed by atoms with Crippen molar-refractivity contribution in [3.63, 3.8) is 0 Å². The van der Waals surface area contributed by atoms with E-state index in [9.17, 15) is 9.59 Å². The fourth-order valence-electron chi connectivity index (χ4n) is 2.71. The predicted octanol–water partition coefficient (Wildman–Crippen LogP) is 3.00. The number of ether oxygens (including phenoxy) is 1. The van der Waals surface area contributed by atoms with Gasteiger partial charge in [-0.15, -0.1) is 11.3 Å². The maximum absolute atomic E-state index is 12.4. The van der Waals surface area contributed by atoms with Gasteiger partial charge in [0.2, 0.25) is 0 Å². The zero-order valence-corrected chi connectivity index (χ0v) is 13.1. The normalized spacial score (nSPS) is 22.9. The molecule has 1 aliphatic rings. The quantitative estimate of drug-likeness (QED) is 0.633. The lowest BCUT2D eigenvalue weighted by Gasteiger charge is -2.32. The monoisotopic (exact) mass is 295 g/mol. The molecule has 0 saturated heterocycles. The highest BCUT2D eigenvalue weighted by atomic mass is 32.1. The van der Waals surface area contributed by atoms with E-state index < -0.39 is 5.41 Å². The van der Waals surface area contributed by atoms with Gasteiger partial charge >= 0.3 is 5.97 Å². The average molecular weight is 295 g/mol. The molecule has 1 fully saturated rings. The molecular formula is C15H21NO3S. The number of esters is 1. The van der Waals surface area contributed by atoms with Gasteiger partial charge in [-0.1, -0.05) is 6.42 Å². The van der Waals surface area contributed by atoms with Gasteiger partial charge in [-0.3, -0.25) is 9.59 Å². The van der Waals surface area contributed by atoms with E-state index in [1.54, 1.807) is 18.3 Å². The fraction of sp³-hybridized carbons (Fsp3) is 0.667. The van der Waals surface area contributed by atoms with Crippen molar-refractivity contribution in [3.8, 4) is 0 Å². The summed E-state index contributed by atoms with van der Waals surface area (Å²) < 4.78 is 5.18. The van der Waals surface area contributed by atoms with Crippen molar-refractivity contribution in [2.24, 2.45) is 5.41 Å². The first kappa shape index (κ1) is 15.2. The van der Waals surface area contributed by atoms with Crippen LogP contribution in [0.2, 0.25) is 0 Å². The van der Waals surface area contributed by atoms with Crippen molar-refractivity contribution < 1.29 is 14.3 Å². The summed E-state index contributed by atoms with van der Waals surface area (Å²) in [4.78, 5) is 30.4. The number of aromatic nitrogens is 1. The molecule has 20 heavy (non-hydrogen) atoms. The largest absolute Gasteiger partial charge is 0.465 e. The highest BCUT2D eigenvalue weighted by Crippen LogP contribution is 2.39. The molecule has 5 heteroatoms. The molecule has 1 aromatic heterocycles. The van der Waals surface area contributed by atoms with Crippen molar-refractivity contribution in [1.82, 2.24) is 4.98 Å². The predicted molar refractivity (Wildman–Crippen MR) is 77.8 cm³/mol. The number of carbonyl (C=O) groups excluding carboxylic acids is 2. The SMILES string of the molecule is CCOC(=O)C1(Cc2nc(C)c(C)s2)CCCCC1=O. The number of carbonyl (C=O) groups is 2. The van der Waals surface area contributed by atoms with Crippen LogP contribution in [-0.4, -0.2) is 23.3 Å². The lowest BCUT2D eigenvalue weighted by atomic mass is 9.71. The maximum Gasteiger partial charge on any atom is 0.320 e. The molecule has 1 saturated carbocycles. The Morgan fingerprint density at radius 2 is 2.15 bits per heavy atom. The highest BCUT2D eigenvalue weighted by Gasteiger charge is 2.48. The van der Waals surface area contributed by atoms with E-state index in [1.807, 2.05) is 13.8 Å². The van der Waals surface area contributed by atoms with Crippen LogP contribution in [0.25, 0.3) is 0 Å². The summed E-state index contributed by atoms with van der Waals surface area (Å²) >= 11 is 1.57. The molecule has 4 nitrogen and oxygen atoms in total. The summed E-state index contributed by atoms with van der Waals surface area (Å²) in [6, 6.07) is 0. The summed E-state index contributed by atoms with van der Waals surface area (Å²) in [5.74, 6) is -0.345. The van der Waals surface area contributed by atoms with Crippen molar-refractivity contribution >= 4 is 23.1 Å². The van der Waals surface area contributed by atoms with Gasteiger partial charge in [-0.2, -0.15) is 0 Å². The van der Waals surface area contributed by atoms with Crippen molar-refractivity contribution in [2.75, 3.05) is 6.61 Å². The molecule has 1 aliphatic carbocycles. The summed E-state index contributed by atoms with van der Waals surface area (Å²) in [5, 5.41) is 0.864. The fourth-order valence-corrected chi connectivity index (χ4v) is 3.76. The molecule has 1 atom stereocenters. The number of hydrogen-bond acceptors (Lipinski definition) is 5. The van der Waals surface area contributed by atoms with Gasteiger partial charge in [0.1, 0.15) is 5.41 Å². The molecule has 1 unspecified atom stereocenters. The number of thiazole rings is 1. The Morgan fingerprint density at radius 1 is 1.40 bits per heavy atom. The van der Waals surface area contributed by atoms with Gasteiger partial charge in [0, 0.05) is 17.7 Å². The van der Waals surface area contributed by atoms with E-state index in [2.05, 4.69) is 4.98 Å². The molecule has 1 heterocycles. The number of hydrogen-bond donors (Lipinski definition) is 0. The molecular weight excluding hydrogens is 274 g/mol. The summed E-state index contributed by atoms with van der Waals surface area (Å²) in [7, 11) is 0. The van der Waals surface area contributed by atoms with Crippen LogP contribution >= 0.6 is 11.3 Å². The summed E-state index contributed by atoms with van der Waals surface area (Å²) in [6.45, 7) is 6.05. The van der Waals surface area contributed by atoms with E-state index in [1.165, 1.54) is 0 Å². The third-order valence-electron chi connectivity index (χ3n) is 3.98. The lowest BCUT2D eigenvalue weighted by molar-refractivity contribution is -0.162. The standard InChI is InChI=1S/C15H21NO3S/c1-4-19-14(18)15(8-6-5-7-12(15)17)9-13-16-10(2)11(3)20-13/h4-9H2,1-3H3. The third-order valence-corrected chi connectivity index (χ3v) is 5.06. The topological polar surface area (TPSA) is 56.3 Å². The number of nitrogens with zero attached hydrogens (tertiary/aromatic N) is 1. The Bertz CT molecular complexity index is 504. The van der Waals surface area contributed by atoms with Crippen LogP contribution in [0.3, 0.4) is 0 Å². The van der Waals surface area contributed by atoms with E-state index in [4.69, 9.17) is 4.74 Å². The number of aryl methyl sites for hydroxylation is 2. The van der Waals surface area contributed by atoms with E-state index >= 15 is 0 Å². The van der Waals surface area contributed by atoms with Crippen LogP contribution in [0.1, 0.15) is 48.2 Å². The van der Waals surface area contributed by atoms with Crippen LogP contribution in [0.4, 0.5) is 0 Å². The number of ketones is 1. The van der Waals surface area contributed by atoms with E-state index in [-0.39, 0.29) is 11.8 Å². The molecule has 0 spiro atoms. The number of rotatable bonds is 4. The second-order valence-corrected chi connectivity index (χ2v) is 6.65. The van der Waals surface area contributed by atoms with Gasteiger partial charge in [-0.25, -0.2) is 4.98 Å². The Balaban J connectivity index is 2.31. The Labute approximate surface area is 123 Å². The second-order valence-electron chi connectivity index (χ2n) is 5.36. The van der Waals surface area contributed by atoms with Gasteiger partial charge in [-0.05, 0) is 33.6 Å². The molecule has 0 bridgehead atoms. The van der Waals surface area contributed by atoms with Gasteiger partial charge in [0.25, 0.3) is 0 Å². The zero-order valence-electron chi connectivity index (χ0n) is 12.3. The Kier molecular flexibility index (Phi) is 4.58. The molecule has 0 N–H and O–H groups in total. The van der Waals surface area contributed by atoms with Crippen LogP contribution < -0.4 is 0 Å². The first-order valence-corrected chi connectivity index (χ1v) is 7.94. The Morgan fingerprint density at radius 3 is 2.70 bits per heavy atom. The minimum Gasteiger partial charge on any atom is -0.465 e. The molecule has 0 radical (unpaired) electrons. The van der Waals surface area contributed by atoms with Gasteiger partial charge in [0.05, 0.1) is 17.3 Å². The van der Waals surface area contributed by atoms with Crippen molar-refractivity contribution in [3.05, 3.63) is 15.6 Å². The Hall–Kier alpha value is -1.23. The van der Waals surface area contributed by atoms with E-state index in [0.29, 0.717) is 25.9 Å². The third kappa shape index (κ3) is 2.77. The smallest absolute Gasteiger partial charge is 0.320 e.